The summed E-state index contributed by atoms with van der Waals surface area (Å²) in [5.74, 6) is 4.11. The van der Waals surface area contributed by atoms with Crippen molar-refractivity contribution < 1.29 is 0 Å². The fourth-order valence-electron chi connectivity index (χ4n) is 5.42. The summed E-state index contributed by atoms with van der Waals surface area (Å²) in [5, 5.41) is 3.62. The molecule has 4 unspecified atom stereocenters. The van der Waals surface area contributed by atoms with Crippen LogP contribution in [0.1, 0.15) is 57.8 Å². The maximum absolute atomic E-state index is 3.62. The third kappa shape index (κ3) is 3.39. The van der Waals surface area contributed by atoms with Crippen molar-refractivity contribution in [1.29, 1.82) is 0 Å². The summed E-state index contributed by atoms with van der Waals surface area (Å²) in [6.07, 6.45) is 13.4. The normalized spacial score (nSPS) is 35.9. The van der Waals surface area contributed by atoms with E-state index in [1.54, 1.807) is 6.42 Å². The predicted octanol–water partition coefficient (Wildman–Crippen LogP) is 3.52. The summed E-state index contributed by atoms with van der Waals surface area (Å²) in [5.41, 5.74) is 0. The quantitative estimate of drug-likeness (QED) is 0.799. The van der Waals surface area contributed by atoms with Crippen LogP contribution >= 0.6 is 0 Å². The van der Waals surface area contributed by atoms with Crippen LogP contribution in [0.4, 0.5) is 0 Å². The fraction of sp³-hybridized carbons (Fsp3) is 1.00. The first-order chi connectivity index (χ1) is 9.76. The Hall–Kier alpha value is -0.0800. The van der Waals surface area contributed by atoms with Crippen LogP contribution in [0.5, 0.6) is 0 Å². The lowest BCUT2D eigenvalue weighted by Crippen LogP contribution is -2.45. The van der Waals surface area contributed by atoms with Gasteiger partial charge in [0.1, 0.15) is 0 Å². The van der Waals surface area contributed by atoms with E-state index in [-0.39, 0.29) is 0 Å². The van der Waals surface area contributed by atoms with Crippen LogP contribution in [0.3, 0.4) is 0 Å². The van der Waals surface area contributed by atoms with Crippen molar-refractivity contribution in [2.45, 2.75) is 63.8 Å². The molecule has 0 radical (unpaired) electrons. The van der Waals surface area contributed by atoms with Crippen molar-refractivity contribution in [2.24, 2.45) is 23.7 Å². The molecule has 3 aliphatic rings. The highest BCUT2D eigenvalue weighted by Gasteiger charge is 2.39. The van der Waals surface area contributed by atoms with Crippen LogP contribution in [0.25, 0.3) is 0 Å². The van der Waals surface area contributed by atoms with Gasteiger partial charge in [0, 0.05) is 19.1 Å². The highest BCUT2D eigenvalue weighted by molar-refractivity contribution is 4.91. The van der Waals surface area contributed by atoms with E-state index in [1.807, 2.05) is 0 Å². The zero-order valence-electron chi connectivity index (χ0n) is 13.6. The second-order valence-corrected chi connectivity index (χ2v) is 7.95. The number of nitrogens with one attached hydrogen (secondary N) is 1. The molecule has 3 rings (SSSR count). The largest absolute Gasteiger partial charge is 0.315 e. The van der Waals surface area contributed by atoms with Crippen molar-refractivity contribution in [3.63, 3.8) is 0 Å². The van der Waals surface area contributed by atoms with Gasteiger partial charge in [0.15, 0.2) is 0 Å². The van der Waals surface area contributed by atoms with E-state index < -0.39 is 0 Å². The van der Waals surface area contributed by atoms with E-state index in [0.717, 1.165) is 29.7 Å². The van der Waals surface area contributed by atoms with E-state index in [4.69, 9.17) is 0 Å². The highest BCUT2D eigenvalue weighted by Crippen LogP contribution is 2.48. The third-order valence-electron chi connectivity index (χ3n) is 6.53. The zero-order chi connectivity index (χ0) is 13.9. The van der Waals surface area contributed by atoms with Gasteiger partial charge in [-0.2, -0.15) is 0 Å². The van der Waals surface area contributed by atoms with E-state index in [9.17, 15) is 0 Å². The molecule has 0 heterocycles. The molecule has 0 saturated heterocycles. The molecule has 0 amide bonds. The maximum atomic E-state index is 3.62. The number of hydrogen-bond acceptors (Lipinski definition) is 2. The van der Waals surface area contributed by atoms with E-state index in [1.165, 1.54) is 64.5 Å². The Morgan fingerprint density at radius 2 is 1.85 bits per heavy atom. The Labute approximate surface area is 125 Å². The molecule has 2 heteroatoms. The Morgan fingerprint density at radius 3 is 2.45 bits per heavy atom. The van der Waals surface area contributed by atoms with Gasteiger partial charge in [-0.1, -0.05) is 25.7 Å². The first-order valence-corrected chi connectivity index (χ1v) is 9.12. The van der Waals surface area contributed by atoms with E-state index >= 15 is 0 Å². The lowest BCUT2D eigenvalue weighted by atomic mass is 9.83. The van der Waals surface area contributed by atoms with Crippen molar-refractivity contribution in [1.82, 2.24) is 10.2 Å². The molecule has 0 aromatic carbocycles. The fourth-order valence-corrected chi connectivity index (χ4v) is 5.42. The summed E-state index contributed by atoms with van der Waals surface area (Å²) in [6.45, 7) is 2.61. The monoisotopic (exact) mass is 278 g/mol. The van der Waals surface area contributed by atoms with Gasteiger partial charge < -0.3 is 10.2 Å². The van der Waals surface area contributed by atoms with Gasteiger partial charge in [-0.3, -0.25) is 0 Å². The molecule has 0 aromatic rings. The first kappa shape index (κ1) is 14.8. The van der Waals surface area contributed by atoms with Gasteiger partial charge in [0.05, 0.1) is 0 Å². The average molecular weight is 278 g/mol. The number of fused-ring (bicyclic) bond motifs is 2. The standard InChI is InChI=1S/C18H34N2/c1-19-18(15-6-4-3-5-7-15)13-20(2)12-17-11-14-8-9-16(17)10-14/h14-19H,3-13H2,1-2H3. The van der Waals surface area contributed by atoms with Crippen LogP contribution < -0.4 is 5.32 Å². The van der Waals surface area contributed by atoms with Crippen LogP contribution in [0.2, 0.25) is 0 Å². The minimum Gasteiger partial charge on any atom is -0.315 e. The molecule has 116 valence electrons. The molecule has 20 heavy (non-hydrogen) atoms. The van der Waals surface area contributed by atoms with Gasteiger partial charge in [-0.25, -0.2) is 0 Å². The first-order valence-electron chi connectivity index (χ1n) is 9.12. The summed E-state index contributed by atoms with van der Waals surface area (Å²) in [7, 11) is 4.53. The minimum absolute atomic E-state index is 0.721. The summed E-state index contributed by atoms with van der Waals surface area (Å²) < 4.78 is 0. The molecule has 2 bridgehead atoms. The molecule has 1 N–H and O–H groups in total. The topological polar surface area (TPSA) is 15.3 Å². The Balaban J connectivity index is 1.45. The summed E-state index contributed by atoms with van der Waals surface area (Å²) in [6, 6.07) is 0.721. The molecule has 3 saturated carbocycles. The van der Waals surface area contributed by atoms with Gasteiger partial charge in [0.25, 0.3) is 0 Å². The number of rotatable bonds is 6. The van der Waals surface area contributed by atoms with Crippen molar-refractivity contribution >= 4 is 0 Å². The molecule has 3 aliphatic carbocycles. The molecule has 0 aromatic heterocycles. The van der Waals surface area contributed by atoms with Gasteiger partial charge >= 0.3 is 0 Å². The summed E-state index contributed by atoms with van der Waals surface area (Å²) >= 11 is 0. The Morgan fingerprint density at radius 1 is 1.05 bits per heavy atom. The van der Waals surface area contributed by atoms with E-state index in [0.29, 0.717) is 0 Å². The number of hydrogen-bond donors (Lipinski definition) is 1. The molecule has 4 atom stereocenters. The zero-order valence-corrected chi connectivity index (χ0v) is 13.6. The third-order valence-corrected chi connectivity index (χ3v) is 6.53. The second kappa shape index (κ2) is 6.79. The van der Waals surface area contributed by atoms with Gasteiger partial charge in [0.2, 0.25) is 0 Å². The van der Waals surface area contributed by atoms with Crippen LogP contribution in [-0.4, -0.2) is 38.1 Å². The summed E-state index contributed by atoms with van der Waals surface area (Å²) in [4.78, 5) is 2.64. The van der Waals surface area contributed by atoms with Crippen LogP contribution in [-0.2, 0) is 0 Å². The average Bonchev–Trinajstić information content (AvgIpc) is 3.08. The van der Waals surface area contributed by atoms with Gasteiger partial charge in [-0.15, -0.1) is 0 Å². The minimum atomic E-state index is 0.721. The van der Waals surface area contributed by atoms with Crippen molar-refractivity contribution in [2.75, 3.05) is 27.2 Å². The maximum Gasteiger partial charge on any atom is 0.0220 e. The molecular weight excluding hydrogens is 244 g/mol. The van der Waals surface area contributed by atoms with Crippen LogP contribution in [0.15, 0.2) is 0 Å². The number of likely N-dealkylation sites (N-methyl/N-ethyl adjacent to an activating group) is 2. The van der Waals surface area contributed by atoms with Crippen molar-refractivity contribution in [3.8, 4) is 0 Å². The molecular formula is C18H34N2. The molecule has 3 fully saturated rings. The highest BCUT2D eigenvalue weighted by atomic mass is 15.1. The lowest BCUT2D eigenvalue weighted by molar-refractivity contribution is 0.173. The Bertz CT molecular complexity index is 298. The molecule has 2 nitrogen and oxygen atoms in total. The molecule has 0 spiro atoms. The molecule has 0 aliphatic heterocycles. The van der Waals surface area contributed by atoms with Crippen LogP contribution in [0, 0.1) is 23.7 Å². The second-order valence-electron chi connectivity index (χ2n) is 7.95. The smallest absolute Gasteiger partial charge is 0.0220 e. The number of nitrogens with zero attached hydrogens (tertiary/aromatic N) is 1. The Kier molecular flexibility index (Phi) is 5.04. The predicted molar refractivity (Wildman–Crippen MR) is 85.9 cm³/mol. The van der Waals surface area contributed by atoms with Crippen molar-refractivity contribution in [3.05, 3.63) is 0 Å². The van der Waals surface area contributed by atoms with E-state index in [2.05, 4.69) is 24.3 Å². The van der Waals surface area contributed by atoms with Gasteiger partial charge in [-0.05, 0) is 69.9 Å². The lowest BCUT2D eigenvalue weighted by Gasteiger charge is -2.34. The SMILES string of the molecule is CNC(CN(C)CC1CC2CCC1C2)C1CCCCC1.